The van der Waals surface area contributed by atoms with Crippen LogP contribution in [0.25, 0.3) is 0 Å². The summed E-state index contributed by atoms with van der Waals surface area (Å²) in [4.78, 5) is 15.2. The summed E-state index contributed by atoms with van der Waals surface area (Å²) in [6.07, 6.45) is 7.61. The lowest BCUT2D eigenvalue weighted by Crippen LogP contribution is -2.27. The van der Waals surface area contributed by atoms with Gasteiger partial charge in [-0.2, -0.15) is 0 Å². The summed E-state index contributed by atoms with van der Waals surface area (Å²) in [7, 11) is 1.58. The predicted molar refractivity (Wildman–Crippen MR) is 111 cm³/mol. The molecule has 1 saturated heterocycles. The van der Waals surface area contributed by atoms with E-state index < -0.39 is 0 Å². The lowest BCUT2D eigenvalue weighted by atomic mass is 10.1. The van der Waals surface area contributed by atoms with Gasteiger partial charge in [-0.3, -0.25) is 4.79 Å². The number of aryl methyl sites for hydroxylation is 1. The third-order valence-corrected chi connectivity index (χ3v) is 4.84. The van der Waals surface area contributed by atoms with E-state index in [0.29, 0.717) is 18.0 Å². The minimum absolute atomic E-state index is 0.0764. The van der Waals surface area contributed by atoms with Crippen molar-refractivity contribution in [3.05, 3.63) is 53.1 Å². The Hall–Kier alpha value is -3.13. The first-order valence-electron chi connectivity index (χ1n) is 9.49. The Bertz CT molecular complexity index is 880. The molecular weight excluding hydrogens is 352 g/mol. The van der Waals surface area contributed by atoms with Crippen molar-refractivity contribution in [3.8, 4) is 23.8 Å². The maximum atomic E-state index is 12.9. The molecule has 0 radical (unpaired) electrons. The smallest absolute Gasteiger partial charge is 0.253 e. The molecule has 1 aliphatic rings. The quantitative estimate of drug-likeness (QED) is 0.749. The summed E-state index contributed by atoms with van der Waals surface area (Å²) < 4.78 is 10.8. The van der Waals surface area contributed by atoms with Gasteiger partial charge in [0.05, 0.1) is 12.7 Å². The van der Waals surface area contributed by atoms with Gasteiger partial charge in [0, 0.05) is 25.3 Å². The molecule has 0 unspecified atom stereocenters. The van der Waals surface area contributed by atoms with Crippen molar-refractivity contribution >= 4 is 11.6 Å². The number of hydrogen-bond acceptors (Lipinski definition) is 4. The Morgan fingerprint density at radius 3 is 2.68 bits per heavy atom. The number of anilines is 1. The zero-order chi connectivity index (χ0) is 19.9. The molecule has 0 atom stereocenters. The van der Waals surface area contributed by atoms with Gasteiger partial charge in [0.15, 0.2) is 11.5 Å². The average Bonchev–Trinajstić information content (AvgIpc) is 3.25. The van der Waals surface area contributed by atoms with E-state index in [1.807, 2.05) is 31.2 Å². The lowest BCUT2D eigenvalue weighted by molar-refractivity contribution is 0.0951. The van der Waals surface area contributed by atoms with Gasteiger partial charge in [-0.25, -0.2) is 0 Å². The molecule has 2 aromatic rings. The van der Waals surface area contributed by atoms with Gasteiger partial charge in [-0.05, 0) is 49.6 Å². The molecule has 5 nitrogen and oxygen atoms in total. The molecule has 0 saturated carbocycles. The Balaban J connectivity index is 1.74. The topological polar surface area (TPSA) is 50.8 Å². The van der Waals surface area contributed by atoms with Crippen LogP contribution in [-0.2, 0) is 6.54 Å². The molecule has 0 bridgehead atoms. The number of benzene rings is 2. The van der Waals surface area contributed by atoms with Crippen LogP contribution in [0.15, 0.2) is 36.4 Å². The highest BCUT2D eigenvalue weighted by Crippen LogP contribution is 2.29. The van der Waals surface area contributed by atoms with Gasteiger partial charge < -0.3 is 19.7 Å². The van der Waals surface area contributed by atoms with E-state index in [-0.39, 0.29) is 12.5 Å². The summed E-state index contributed by atoms with van der Waals surface area (Å²) in [5.74, 6) is 3.55. The Morgan fingerprint density at radius 2 is 1.96 bits per heavy atom. The largest absolute Gasteiger partial charge is 0.493 e. The number of methoxy groups -OCH3 is 1. The van der Waals surface area contributed by atoms with E-state index in [0.717, 1.165) is 35.5 Å². The number of terminal acetylenes is 1. The molecule has 1 amide bonds. The molecule has 1 heterocycles. The second-order valence-electron chi connectivity index (χ2n) is 6.88. The first-order valence-corrected chi connectivity index (χ1v) is 9.49. The molecule has 0 spiro atoms. The van der Waals surface area contributed by atoms with Crippen LogP contribution in [0.2, 0.25) is 0 Å². The zero-order valence-electron chi connectivity index (χ0n) is 16.5. The molecule has 1 aliphatic heterocycles. The van der Waals surface area contributed by atoms with E-state index in [2.05, 4.69) is 28.3 Å². The predicted octanol–water partition coefficient (Wildman–Crippen LogP) is 3.55. The Kier molecular flexibility index (Phi) is 6.44. The lowest BCUT2D eigenvalue weighted by Gasteiger charge is -2.21. The van der Waals surface area contributed by atoms with Gasteiger partial charge in [0.1, 0.15) is 6.61 Å². The van der Waals surface area contributed by atoms with E-state index >= 15 is 0 Å². The van der Waals surface area contributed by atoms with Crippen molar-refractivity contribution in [1.29, 1.82) is 0 Å². The van der Waals surface area contributed by atoms with Crippen molar-refractivity contribution in [2.75, 3.05) is 31.7 Å². The van der Waals surface area contributed by atoms with Crippen LogP contribution < -0.4 is 19.7 Å². The minimum atomic E-state index is -0.0764. The fourth-order valence-electron chi connectivity index (χ4n) is 3.41. The maximum absolute atomic E-state index is 12.9. The summed E-state index contributed by atoms with van der Waals surface area (Å²) in [6, 6.07) is 11.6. The van der Waals surface area contributed by atoms with Crippen LogP contribution in [0, 0.1) is 19.3 Å². The SMILES string of the molecule is C#CCOc1cc(CNC(=O)c2cc(C)ccc2N2CCCC2)ccc1OC. The number of nitrogens with one attached hydrogen (secondary N) is 1. The molecule has 0 aliphatic carbocycles. The van der Waals surface area contributed by atoms with Crippen LogP contribution in [0.3, 0.4) is 0 Å². The molecule has 28 heavy (non-hydrogen) atoms. The highest BCUT2D eigenvalue weighted by Gasteiger charge is 2.19. The molecule has 146 valence electrons. The number of ether oxygens (including phenoxy) is 2. The minimum Gasteiger partial charge on any atom is -0.493 e. The molecule has 0 aromatic heterocycles. The number of carbonyl (C=O) groups excluding carboxylic acids is 1. The molecule has 1 N–H and O–H groups in total. The first kappa shape index (κ1) is 19.6. The average molecular weight is 378 g/mol. The zero-order valence-corrected chi connectivity index (χ0v) is 16.5. The molecular formula is C23H26N2O3. The molecule has 5 heteroatoms. The van der Waals surface area contributed by atoms with Crippen LogP contribution >= 0.6 is 0 Å². The number of hydrogen-bond donors (Lipinski definition) is 1. The maximum Gasteiger partial charge on any atom is 0.253 e. The molecule has 2 aromatic carbocycles. The van der Waals surface area contributed by atoms with Crippen molar-refractivity contribution in [3.63, 3.8) is 0 Å². The summed E-state index contributed by atoms with van der Waals surface area (Å²) in [6.45, 7) is 4.55. The van der Waals surface area contributed by atoms with Crippen LogP contribution in [0.4, 0.5) is 5.69 Å². The highest BCUT2D eigenvalue weighted by atomic mass is 16.5. The van der Waals surface area contributed by atoms with Crippen molar-refractivity contribution in [1.82, 2.24) is 5.32 Å². The van der Waals surface area contributed by atoms with E-state index in [9.17, 15) is 4.79 Å². The van der Waals surface area contributed by atoms with Crippen molar-refractivity contribution in [2.45, 2.75) is 26.3 Å². The van der Waals surface area contributed by atoms with Gasteiger partial charge in [-0.15, -0.1) is 6.42 Å². The standard InChI is InChI=1S/C23H26N2O3/c1-4-13-28-22-15-18(8-10-21(22)27-3)16-24-23(26)19-14-17(2)7-9-20(19)25-11-5-6-12-25/h1,7-10,14-15H,5-6,11-13,16H2,2-3H3,(H,24,26). The number of amides is 1. The van der Waals surface area contributed by atoms with E-state index in [1.54, 1.807) is 7.11 Å². The summed E-state index contributed by atoms with van der Waals surface area (Å²) in [5, 5.41) is 3.02. The van der Waals surface area contributed by atoms with Crippen LogP contribution in [0.5, 0.6) is 11.5 Å². The van der Waals surface area contributed by atoms with E-state index in [1.165, 1.54) is 12.8 Å². The fourth-order valence-corrected chi connectivity index (χ4v) is 3.41. The highest BCUT2D eigenvalue weighted by molar-refractivity contribution is 6.00. The second kappa shape index (κ2) is 9.18. The first-order chi connectivity index (χ1) is 13.6. The number of rotatable bonds is 7. The molecule has 1 fully saturated rings. The monoisotopic (exact) mass is 378 g/mol. The van der Waals surface area contributed by atoms with Crippen LogP contribution in [-0.4, -0.2) is 32.7 Å². The normalized spacial score (nSPS) is 13.1. The van der Waals surface area contributed by atoms with Gasteiger partial charge in [-0.1, -0.05) is 23.6 Å². The number of nitrogens with zero attached hydrogens (tertiary/aromatic N) is 1. The van der Waals surface area contributed by atoms with Crippen molar-refractivity contribution < 1.29 is 14.3 Å². The van der Waals surface area contributed by atoms with Crippen LogP contribution in [0.1, 0.15) is 34.3 Å². The molecule has 3 rings (SSSR count). The van der Waals surface area contributed by atoms with E-state index in [4.69, 9.17) is 15.9 Å². The summed E-state index contributed by atoms with van der Waals surface area (Å²) in [5.41, 5.74) is 3.71. The number of carbonyl (C=O) groups is 1. The third-order valence-electron chi connectivity index (χ3n) is 4.84. The second-order valence-corrected chi connectivity index (χ2v) is 6.88. The third kappa shape index (κ3) is 4.58. The van der Waals surface area contributed by atoms with Gasteiger partial charge in [0.25, 0.3) is 5.91 Å². The Morgan fingerprint density at radius 1 is 1.18 bits per heavy atom. The van der Waals surface area contributed by atoms with Gasteiger partial charge in [0.2, 0.25) is 0 Å². The van der Waals surface area contributed by atoms with Gasteiger partial charge >= 0.3 is 0 Å². The summed E-state index contributed by atoms with van der Waals surface area (Å²) >= 11 is 0. The van der Waals surface area contributed by atoms with Crippen molar-refractivity contribution in [2.24, 2.45) is 0 Å². The Labute approximate surface area is 166 Å². The fraction of sp³-hybridized carbons (Fsp3) is 0.348.